The molecule has 0 unspecified atom stereocenters. The van der Waals surface area contributed by atoms with Gasteiger partial charge < -0.3 is 5.32 Å². The largest absolute Gasteiger partial charge is 0.382 e. The third-order valence-corrected chi connectivity index (χ3v) is 3.95. The molecule has 1 aliphatic rings. The topological polar surface area (TPSA) is 35.8 Å². The maximum Gasteiger partial charge on any atom is 0.0655 e. The predicted molar refractivity (Wildman–Crippen MR) is 71.2 cm³/mol. The predicted octanol–water partition coefficient (Wildman–Crippen LogP) is 4.14. The molecule has 2 rings (SSSR count). The van der Waals surface area contributed by atoms with Crippen molar-refractivity contribution in [2.24, 2.45) is 5.92 Å². The van der Waals surface area contributed by atoms with Gasteiger partial charge in [-0.05, 0) is 50.3 Å². The van der Waals surface area contributed by atoms with Crippen LogP contribution in [0.3, 0.4) is 0 Å². The van der Waals surface area contributed by atoms with Crippen LogP contribution in [0.25, 0.3) is 0 Å². The van der Waals surface area contributed by atoms with E-state index in [4.69, 9.17) is 16.9 Å². The molecule has 0 bridgehead atoms. The molecule has 17 heavy (non-hydrogen) atoms. The summed E-state index contributed by atoms with van der Waals surface area (Å²) in [5.41, 5.74) is 2.23. The molecule has 2 nitrogen and oxygen atoms in total. The Hall–Kier alpha value is -1.20. The maximum absolute atomic E-state index is 8.86. The average molecular weight is 249 g/mol. The SMILES string of the molecule is Cc1c(Cl)cccc1NC1CCC(C#N)CC1. The van der Waals surface area contributed by atoms with Crippen LogP contribution in [-0.4, -0.2) is 6.04 Å². The van der Waals surface area contributed by atoms with Crippen LogP contribution in [0.15, 0.2) is 18.2 Å². The highest BCUT2D eigenvalue weighted by Gasteiger charge is 2.20. The van der Waals surface area contributed by atoms with Gasteiger partial charge in [0.05, 0.1) is 6.07 Å². The van der Waals surface area contributed by atoms with Gasteiger partial charge in [0.2, 0.25) is 0 Å². The van der Waals surface area contributed by atoms with Crippen LogP contribution in [0.1, 0.15) is 31.2 Å². The summed E-state index contributed by atoms with van der Waals surface area (Å²) in [5.74, 6) is 0.258. The third-order valence-electron chi connectivity index (χ3n) is 3.54. The molecule has 0 heterocycles. The minimum absolute atomic E-state index is 0.258. The van der Waals surface area contributed by atoms with E-state index in [0.29, 0.717) is 6.04 Å². The zero-order valence-corrected chi connectivity index (χ0v) is 10.8. The van der Waals surface area contributed by atoms with Crippen molar-refractivity contribution in [3.05, 3.63) is 28.8 Å². The number of nitrogens with zero attached hydrogens (tertiary/aromatic N) is 1. The molecule has 1 aliphatic carbocycles. The van der Waals surface area contributed by atoms with E-state index in [-0.39, 0.29) is 5.92 Å². The molecule has 1 aromatic carbocycles. The van der Waals surface area contributed by atoms with Gasteiger partial charge in [-0.3, -0.25) is 0 Å². The average Bonchev–Trinajstić information content (AvgIpc) is 2.36. The minimum Gasteiger partial charge on any atom is -0.382 e. The number of nitrogens with one attached hydrogen (secondary N) is 1. The van der Waals surface area contributed by atoms with Gasteiger partial charge in [-0.15, -0.1) is 0 Å². The molecule has 0 atom stereocenters. The van der Waals surface area contributed by atoms with Crippen molar-refractivity contribution in [2.75, 3.05) is 5.32 Å². The van der Waals surface area contributed by atoms with Crippen LogP contribution in [0.2, 0.25) is 5.02 Å². The van der Waals surface area contributed by atoms with Crippen LogP contribution in [-0.2, 0) is 0 Å². The lowest BCUT2D eigenvalue weighted by Gasteiger charge is -2.27. The van der Waals surface area contributed by atoms with Gasteiger partial charge in [-0.1, -0.05) is 17.7 Å². The molecule has 1 N–H and O–H groups in total. The first kappa shape index (κ1) is 12.3. The fourth-order valence-corrected chi connectivity index (χ4v) is 2.53. The molecule has 90 valence electrons. The fraction of sp³-hybridized carbons (Fsp3) is 0.500. The zero-order valence-electron chi connectivity index (χ0n) is 10.0. The van der Waals surface area contributed by atoms with Gasteiger partial charge >= 0.3 is 0 Å². The van der Waals surface area contributed by atoms with E-state index in [1.165, 1.54) is 0 Å². The van der Waals surface area contributed by atoms with Crippen molar-refractivity contribution in [2.45, 2.75) is 38.6 Å². The van der Waals surface area contributed by atoms with Crippen molar-refractivity contribution >= 4 is 17.3 Å². The molecule has 1 fully saturated rings. The first-order valence-corrected chi connectivity index (χ1v) is 6.49. The highest BCUT2D eigenvalue weighted by atomic mass is 35.5. The summed E-state index contributed by atoms with van der Waals surface area (Å²) in [4.78, 5) is 0. The van der Waals surface area contributed by atoms with Gasteiger partial charge in [-0.25, -0.2) is 0 Å². The Morgan fingerprint density at radius 2 is 2.00 bits per heavy atom. The Morgan fingerprint density at radius 1 is 1.29 bits per heavy atom. The lowest BCUT2D eigenvalue weighted by atomic mass is 9.87. The smallest absolute Gasteiger partial charge is 0.0655 e. The second-order valence-electron chi connectivity index (χ2n) is 4.73. The van der Waals surface area contributed by atoms with Crippen molar-refractivity contribution < 1.29 is 0 Å². The highest BCUT2D eigenvalue weighted by molar-refractivity contribution is 6.31. The van der Waals surface area contributed by atoms with E-state index in [1.54, 1.807) is 0 Å². The molecular weight excluding hydrogens is 232 g/mol. The minimum atomic E-state index is 0.258. The molecule has 0 aromatic heterocycles. The zero-order chi connectivity index (χ0) is 12.3. The van der Waals surface area contributed by atoms with E-state index >= 15 is 0 Å². The molecule has 0 amide bonds. The second-order valence-corrected chi connectivity index (χ2v) is 5.14. The van der Waals surface area contributed by atoms with Gasteiger partial charge in [0, 0.05) is 22.7 Å². The van der Waals surface area contributed by atoms with Crippen molar-refractivity contribution in [1.82, 2.24) is 0 Å². The molecule has 0 aliphatic heterocycles. The molecular formula is C14H17ClN2. The molecule has 3 heteroatoms. The van der Waals surface area contributed by atoms with Crippen molar-refractivity contribution in [1.29, 1.82) is 5.26 Å². The number of nitriles is 1. The van der Waals surface area contributed by atoms with Crippen molar-refractivity contribution in [3.63, 3.8) is 0 Å². The van der Waals surface area contributed by atoms with Gasteiger partial charge in [-0.2, -0.15) is 5.26 Å². The summed E-state index contributed by atoms with van der Waals surface area (Å²) in [6.45, 7) is 2.03. The summed E-state index contributed by atoms with van der Waals surface area (Å²) in [5, 5.41) is 13.2. The van der Waals surface area contributed by atoms with Crippen LogP contribution in [0, 0.1) is 24.2 Å². The highest BCUT2D eigenvalue weighted by Crippen LogP contribution is 2.29. The summed E-state index contributed by atoms with van der Waals surface area (Å²) in [6, 6.07) is 8.79. The first-order valence-electron chi connectivity index (χ1n) is 6.12. The summed E-state index contributed by atoms with van der Waals surface area (Å²) in [6.07, 6.45) is 4.16. The quantitative estimate of drug-likeness (QED) is 0.854. The third kappa shape index (κ3) is 2.92. The van der Waals surface area contributed by atoms with E-state index in [9.17, 15) is 0 Å². The van der Waals surface area contributed by atoms with E-state index in [1.807, 2.05) is 19.1 Å². The molecule has 1 aromatic rings. The standard InChI is InChI=1S/C14H17ClN2/c1-10-13(15)3-2-4-14(10)17-12-7-5-11(9-16)6-8-12/h2-4,11-12,17H,5-8H2,1H3. The summed E-state index contributed by atoms with van der Waals surface area (Å²) >= 11 is 6.09. The first-order chi connectivity index (χ1) is 8.20. The van der Waals surface area contributed by atoms with E-state index in [2.05, 4.69) is 17.5 Å². The Morgan fingerprint density at radius 3 is 2.65 bits per heavy atom. The summed E-state index contributed by atoms with van der Waals surface area (Å²) in [7, 11) is 0. The molecule has 1 saturated carbocycles. The Balaban J connectivity index is 1.98. The number of hydrogen-bond donors (Lipinski definition) is 1. The monoisotopic (exact) mass is 248 g/mol. The number of rotatable bonds is 2. The second kappa shape index (κ2) is 5.42. The normalized spacial score (nSPS) is 24.1. The van der Waals surface area contributed by atoms with Gasteiger partial charge in [0.1, 0.15) is 0 Å². The number of halogens is 1. The number of benzene rings is 1. The van der Waals surface area contributed by atoms with Crippen LogP contribution >= 0.6 is 11.6 Å². The van der Waals surface area contributed by atoms with Gasteiger partial charge in [0.25, 0.3) is 0 Å². The molecule has 0 spiro atoms. The molecule has 0 saturated heterocycles. The number of anilines is 1. The number of hydrogen-bond acceptors (Lipinski definition) is 2. The van der Waals surface area contributed by atoms with E-state index in [0.717, 1.165) is 42.0 Å². The lowest BCUT2D eigenvalue weighted by Crippen LogP contribution is -2.25. The molecule has 0 radical (unpaired) electrons. The van der Waals surface area contributed by atoms with Crippen molar-refractivity contribution in [3.8, 4) is 6.07 Å². The summed E-state index contributed by atoms with van der Waals surface area (Å²) < 4.78 is 0. The van der Waals surface area contributed by atoms with Gasteiger partial charge in [0.15, 0.2) is 0 Å². The fourth-order valence-electron chi connectivity index (χ4n) is 2.35. The maximum atomic E-state index is 8.86. The van der Waals surface area contributed by atoms with Crippen LogP contribution < -0.4 is 5.32 Å². The van der Waals surface area contributed by atoms with Crippen LogP contribution in [0.4, 0.5) is 5.69 Å². The Bertz CT molecular complexity index is 428. The Labute approximate surface area is 108 Å². The van der Waals surface area contributed by atoms with E-state index < -0.39 is 0 Å². The Kier molecular flexibility index (Phi) is 3.91. The van der Waals surface area contributed by atoms with Crippen LogP contribution in [0.5, 0.6) is 0 Å². The lowest BCUT2D eigenvalue weighted by molar-refractivity contribution is 0.397.